The Bertz CT molecular complexity index is 1170. The van der Waals surface area contributed by atoms with Gasteiger partial charge in [0.05, 0.1) is 16.5 Å². The number of aromatic nitrogens is 1. The molecule has 1 aromatic heterocycles. The smallest absolute Gasteiger partial charge is 0.274 e. The summed E-state index contributed by atoms with van der Waals surface area (Å²) in [5.41, 5.74) is 6.37. The molecule has 0 radical (unpaired) electrons. The molecule has 2 aromatic rings. The minimum absolute atomic E-state index is 0.0972. The number of aliphatic imine (C=N–C) groups is 1. The molecule has 2 aliphatic rings. The number of amidine groups is 1. The quantitative estimate of drug-likeness (QED) is 0.646. The van der Waals surface area contributed by atoms with Crippen LogP contribution in [-0.2, 0) is 5.54 Å². The van der Waals surface area contributed by atoms with E-state index in [-0.39, 0.29) is 28.9 Å². The first-order valence-electron chi connectivity index (χ1n) is 9.97. The van der Waals surface area contributed by atoms with Crippen LogP contribution in [0.25, 0.3) is 0 Å². The van der Waals surface area contributed by atoms with E-state index in [0.29, 0.717) is 23.4 Å². The van der Waals surface area contributed by atoms with Crippen molar-refractivity contribution in [1.29, 1.82) is 0 Å². The summed E-state index contributed by atoms with van der Waals surface area (Å²) >= 11 is 1.22. The number of carbonyl (C=O) groups excluding carboxylic acids is 1. The van der Waals surface area contributed by atoms with Gasteiger partial charge in [0.2, 0.25) is 0 Å². The second kappa shape index (κ2) is 8.10. The number of anilines is 1. The van der Waals surface area contributed by atoms with Crippen LogP contribution in [0.5, 0.6) is 5.75 Å². The van der Waals surface area contributed by atoms with Crippen molar-refractivity contribution in [3.05, 3.63) is 53.1 Å². The molecule has 1 unspecified atom stereocenters. The zero-order valence-electron chi connectivity index (χ0n) is 17.6. The topological polar surface area (TPSA) is 89.6 Å². The number of hydrogen-bond donors (Lipinski definition) is 2. The number of nitrogens with one attached hydrogen (secondary N) is 1. The van der Waals surface area contributed by atoms with Gasteiger partial charge in [0.25, 0.3) is 5.91 Å². The second-order valence-electron chi connectivity index (χ2n) is 8.13. The van der Waals surface area contributed by atoms with E-state index in [4.69, 9.17) is 16.9 Å². The van der Waals surface area contributed by atoms with Gasteiger partial charge in [-0.3, -0.25) is 9.79 Å². The fourth-order valence-corrected chi connectivity index (χ4v) is 5.57. The van der Waals surface area contributed by atoms with Gasteiger partial charge >= 0.3 is 0 Å². The minimum Gasteiger partial charge on any atom is -0.479 e. The van der Waals surface area contributed by atoms with Crippen molar-refractivity contribution < 1.29 is 18.3 Å². The van der Waals surface area contributed by atoms with Crippen LogP contribution in [0.2, 0.25) is 0 Å². The Morgan fingerprint density at radius 2 is 2.25 bits per heavy atom. The maximum absolute atomic E-state index is 14.9. The fourth-order valence-electron chi connectivity index (χ4n) is 4.24. The number of alkyl halides is 1. The standard InChI is InChI=1S/C23H22F2N4O2S/c1-4-7-31-15-8-13(2)19(27-11-15)20(30)28-14-5-6-17(25)16(9-14)22(3)18-10-23(18,12-24)32-21(26)29-22/h1,5-6,8-9,11,18H,7,10,12H2,2-3H3,(H2,26,29)(H,28,30)/t18?,22-,23-/m1/s1. The summed E-state index contributed by atoms with van der Waals surface area (Å²) < 4.78 is 33.2. The molecule has 1 saturated carbocycles. The number of nitrogens with two attached hydrogens (primary N) is 1. The predicted molar refractivity (Wildman–Crippen MR) is 121 cm³/mol. The highest BCUT2D eigenvalue weighted by molar-refractivity contribution is 8.15. The molecule has 3 N–H and O–H groups in total. The lowest BCUT2D eigenvalue weighted by Crippen LogP contribution is -2.36. The molecule has 32 heavy (non-hydrogen) atoms. The first-order valence-corrected chi connectivity index (χ1v) is 10.8. The number of ether oxygens (including phenoxy) is 1. The number of terminal acetylenes is 1. The summed E-state index contributed by atoms with van der Waals surface area (Å²) in [6.45, 7) is 3.02. The summed E-state index contributed by atoms with van der Waals surface area (Å²) in [4.78, 5) is 21.4. The average Bonchev–Trinajstić information content (AvgIpc) is 3.49. The van der Waals surface area contributed by atoms with E-state index >= 15 is 0 Å². The lowest BCUT2D eigenvalue weighted by Gasteiger charge is -2.33. The van der Waals surface area contributed by atoms with Crippen LogP contribution in [0.15, 0.2) is 35.5 Å². The van der Waals surface area contributed by atoms with Crippen molar-refractivity contribution in [2.75, 3.05) is 18.6 Å². The Morgan fingerprint density at radius 1 is 1.47 bits per heavy atom. The number of pyridine rings is 1. The number of nitrogens with zero attached hydrogens (tertiary/aromatic N) is 2. The Balaban J connectivity index is 1.60. The van der Waals surface area contributed by atoms with E-state index in [0.717, 1.165) is 0 Å². The molecule has 2 heterocycles. The monoisotopic (exact) mass is 456 g/mol. The van der Waals surface area contributed by atoms with Gasteiger partial charge in [0.15, 0.2) is 5.17 Å². The Kier molecular flexibility index (Phi) is 5.59. The van der Waals surface area contributed by atoms with E-state index in [1.54, 1.807) is 19.9 Å². The normalized spacial score (nSPS) is 25.8. The van der Waals surface area contributed by atoms with Crippen LogP contribution in [0, 0.1) is 31.0 Å². The predicted octanol–water partition coefficient (Wildman–Crippen LogP) is 3.80. The van der Waals surface area contributed by atoms with Gasteiger partial charge in [0, 0.05) is 17.2 Å². The van der Waals surface area contributed by atoms with E-state index in [1.165, 1.54) is 36.2 Å². The molecule has 1 aliphatic heterocycles. The molecule has 0 saturated heterocycles. The first-order chi connectivity index (χ1) is 15.2. The van der Waals surface area contributed by atoms with E-state index < -0.39 is 28.7 Å². The van der Waals surface area contributed by atoms with Crippen LogP contribution in [0.4, 0.5) is 14.5 Å². The van der Waals surface area contributed by atoms with Gasteiger partial charge < -0.3 is 15.8 Å². The van der Waals surface area contributed by atoms with Crippen LogP contribution in [-0.4, -0.2) is 34.1 Å². The molecule has 1 aromatic carbocycles. The molecule has 6 nitrogen and oxygen atoms in total. The van der Waals surface area contributed by atoms with Gasteiger partial charge in [0.1, 0.15) is 30.5 Å². The molecule has 3 atom stereocenters. The number of halogens is 2. The highest BCUT2D eigenvalue weighted by Gasteiger charge is 2.66. The maximum atomic E-state index is 14.9. The number of rotatable bonds is 6. The van der Waals surface area contributed by atoms with Crippen LogP contribution in [0.1, 0.15) is 35.0 Å². The fraction of sp³-hybridized carbons (Fsp3) is 0.348. The van der Waals surface area contributed by atoms with Gasteiger partial charge in [-0.05, 0) is 50.1 Å². The molecule has 4 rings (SSSR count). The Hall–Kier alpha value is -3.12. The summed E-state index contributed by atoms with van der Waals surface area (Å²) in [5, 5.41) is 2.98. The van der Waals surface area contributed by atoms with Crippen molar-refractivity contribution in [1.82, 2.24) is 4.98 Å². The lowest BCUT2D eigenvalue weighted by atomic mass is 9.85. The minimum atomic E-state index is -1.02. The number of aryl methyl sites for hydroxylation is 1. The number of carbonyl (C=O) groups is 1. The van der Waals surface area contributed by atoms with Crippen LogP contribution in [0.3, 0.4) is 0 Å². The molecule has 1 amide bonds. The third-order valence-corrected chi connectivity index (χ3v) is 7.21. The summed E-state index contributed by atoms with van der Waals surface area (Å²) in [6, 6.07) is 5.91. The van der Waals surface area contributed by atoms with Crippen molar-refractivity contribution >= 4 is 28.5 Å². The van der Waals surface area contributed by atoms with Crippen LogP contribution < -0.4 is 15.8 Å². The molecule has 1 fully saturated rings. The largest absolute Gasteiger partial charge is 0.479 e. The molecule has 166 valence electrons. The van der Waals surface area contributed by atoms with E-state index in [1.807, 2.05) is 0 Å². The molecular weight excluding hydrogens is 434 g/mol. The second-order valence-corrected chi connectivity index (χ2v) is 9.57. The average molecular weight is 457 g/mol. The number of amides is 1. The highest BCUT2D eigenvalue weighted by atomic mass is 32.2. The third kappa shape index (κ3) is 3.79. The van der Waals surface area contributed by atoms with Gasteiger partial charge in [-0.25, -0.2) is 13.8 Å². The van der Waals surface area contributed by atoms with Crippen molar-refractivity contribution in [3.8, 4) is 18.1 Å². The SMILES string of the molecule is C#CCOc1cnc(C(=O)Nc2ccc(F)c([C@@]3(C)N=C(N)S[C@@]4(CF)CC43)c2)c(C)c1. The summed E-state index contributed by atoms with van der Waals surface area (Å²) in [6.07, 6.45) is 7.15. The lowest BCUT2D eigenvalue weighted by molar-refractivity contribution is 0.102. The van der Waals surface area contributed by atoms with Crippen molar-refractivity contribution in [3.63, 3.8) is 0 Å². The Labute approximate surface area is 189 Å². The first kappa shape index (κ1) is 22.1. The molecule has 0 bridgehead atoms. The number of benzene rings is 1. The van der Waals surface area contributed by atoms with Crippen molar-refractivity contribution in [2.24, 2.45) is 16.6 Å². The Morgan fingerprint density at radius 3 is 2.94 bits per heavy atom. The zero-order chi connectivity index (χ0) is 23.1. The maximum Gasteiger partial charge on any atom is 0.274 e. The van der Waals surface area contributed by atoms with Gasteiger partial charge in [-0.1, -0.05) is 17.7 Å². The number of thioether (sulfide) groups is 1. The van der Waals surface area contributed by atoms with E-state index in [9.17, 15) is 13.6 Å². The summed E-state index contributed by atoms with van der Waals surface area (Å²) in [5.74, 6) is 1.69. The highest BCUT2D eigenvalue weighted by Crippen LogP contribution is 2.66. The number of fused-ring (bicyclic) bond motifs is 1. The van der Waals surface area contributed by atoms with Gasteiger partial charge in [-0.15, -0.1) is 6.42 Å². The molecular formula is C23H22F2N4O2S. The zero-order valence-corrected chi connectivity index (χ0v) is 18.4. The molecule has 9 heteroatoms. The number of hydrogen-bond acceptors (Lipinski definition) is 6. The molecule has 1 aliphatic carbocycles. The van der Waals surface area contributed by atoms with Gasteiger partial charge in [-0.2, -0.15) is 0 Å². The third-order valence-electron chi connectivity index (χ3n) is 5.94. The molecule has 0 spiro atoms. The van der Waals surface area contributed by atoms with Crippen LogP contribution >= 0.6 is 11.8 Å². The summed E-state index contributed by atoms with van der Waals surface area (Å²) in [7, 11) is 0. The van der Waals surface area contributed by atoms with E-state index in [2.05, 4.69) is 21.2 Å². The van der Waals surface area contributed by atoms with Crippen molar-refractivity contribution in [2.45, 2.75) is 30.6 Å².